The SMILES string of the molecule is CC(C)n1c(=O)oc2cc(Nc3ncc(F)c(NC4CC(C)(C)N(C)C(C)(C)C4)n3)ccc21. The molecule has 0 radical (unpaired) electrons. The molecule has 1 aliphatic heterocycles. The van der Waals surface area contributed by atoms with Gasteiger partial charge in [0.2, 0.25) is 5.95 Å². The van der Waals surface area contributed by atoms with E-state index >= 15 is 0 Å². The second-order valence-corrected chi connectivity index (χ2v) is 10.5. The molecular weight excluding hydrogens is 423 g/mol. The van der Waals surface area contributed by atoms with Gasteiger partial charge in [0.25, 0.3) is 0 Å². The minimum Gasteiger partial charge on any atom is -0.408 e. The maximum Gasteiger partial charge on any atom is 0.420 e. The summed E-state index contributed by atoms with van der Waals surface area (Å²) >= 11 is 0. The number of halogens is 1. The summed E-state index contributed by atoms with van der Waals surface area (Å²) in [5, 5.41) is 6.39. The van der Waals surface area contributed by atoms with Gasteiger partial charge < -0.3 is 15.1 Å². The first-order valence-electron chi connectivity index (χ1n) is 11.3. The van der Waals surface area contributed by atoms with E-state index in [4.69, 9.17) is 4.42 Å². The van der Waals surface area contributed by atoms with E-state index in [1.54, 1.807) is 10.6 Å². The maximum atomic E-state index is 14.6. The molecule has 1 saturated heterocycles. The van der Waals surface area contributed by atoms with Crippen LogP contribution in [0, 0.1) is 5.82 Å². The van der Waals surface area contributed by atoms with Crippen LogP contribution in [-0.4, -0.2) is 43.6 Å². The molecule has 0 atom stereocenters. The number of benzene rings is 1. The zero-order chi connectivity index (χ0) is 24.1. The highest BCUT2D eigenvalue weighted by molar-refractivity contribution is 5.78. The number of likely N-dealkylation sites (tertiary alicyclic amines) is 1. The van der Waals surface area contributed by atoms with Crippen LogP contribution in [0.1, 0.15) is 60.4 Å². The summed E-state index contributed by atoms with van der Waals surface area (Å²) in [6.45, 7) is 12.7. The molecule has 3 heterocycles. The quantitative estimate of drug-likeness (QED) is 0.564. The Morgan fingerprint density at radius 1 is 1.18 bits per heavy atom. The van der Waals surface area contributed by atoms with Crippen molar-refractivity contribution in [2.75, 3.05) is 17.7 Å². The first-order chi connectivity index (χ1) is 15.4. The Morgan fingerprint density at radius 3 is 2.48 bits per heavy atom. The molecule has 0 spiro atoms. The molecule has 0 aliphatic carbocycles. The number of rotatable bonds is 5. The molecule has 33 heavy (non-hydrogen) atoms. The molecule has 178 valence electrons. The largest absolute Gasteiger partial charge is 0.420 e. The van der Waals surface area contributed by atoms with Crippen LogP contribution in [0.5, 0.6) is 0 Å². The molecule has 2 N–H and O–H groups in total. The van der Waals surface area contributed by atoms with Gasteiger partial charge in [0, 0.05) is 34.9 Å². The van der Waals surface area contributed by atoms with Crippen LogP contribution in [0.15, 0.2) is 33.6 Å². The van der Waals surface area contributed by atoms with Crippen LogP contribution >= 0.6 is 0 Å². The number of anilines is 3. The predicted molar refractivity (Wildman–Crippen MR) is 129 cm³/mol. The first kappa shape index (κ1) is 23.2. The number of piperidine rings is 1. The van der Waals surface area contributed by atoms with Gasteiger partial charge in [-0.1, -0.05) is 0 Å². The molecule has 0 unspecified atom stereocenters. The first-order valence-corrected chi connectivity index (χ1v) is 11.3. The highest BCUT2D eigenvalue weighted by Crippen LogP contribution is 2.38. The maximum absolute atomic E-state index is 14.6. The lowest BCUT2D eigenvalue weighted by atomic mass is 9.77. The fraction of sp³-hybridized carbons (Fsp3) is 0.542. The number of nitrogens with one attached hydrogen (secondary N) is 2. The molecule has 4 rings (SSSR count). The zero-order valence-electron chi connectivity index (χ0n) is 20.4. The Kier molecular flexibility index (Phi) is 5.72. The van der Waals surface area contributed by atoms with Crippen molar-refractivity contribution in [1.29, 1.82) is 0 Å². The van der Waals surface area contributed by atoms with Crippen LogP contribution in [0.25, 0.3) is 11.1 Å². The summed E-state index contributed by atoms with van der Waals surface area (Å²) in [7, 11) is 2.14. The van der Waals surface area contributed by atoms with Gasteiger partial charge in [0.05, 0.1) is 11.7 Å². The minimum atomic E-state index is -0.495. The van der Waals surface area contributed by atoms with Crippen LogP contribution in [-0.2, 0) is 0 Å². The average molecular weight is 457 g/mol. The molecule has 2 aromatic heterocycles. The van der Waals surface area contributed by atoms with E-state index in [0.717, 1.165) is 24.6 Å². The van der Waals surface area contributed by atoms with E-state index in [-0.39, 0.29) is 34.9 Å². The van der Waals surface area contributed by atoms with E-state index in [9.17, 15) is 9.18 Å². The van der Waals surface area contributed by atoms with E-state index in [1.807, 2.05) is 26.0 Å². The lowest BCUT2D eigenvalue weighted by Crippen LogP contribution is -2.61. The second kappa shape index (κ2) is 8.13. The number of hydrogen-bond acceptors (Lipinski definition) is 7. The molecule has 1 fully saturated rings. The molecule has 3 aromatic rings. The molecular formula is C24H33FN6O2. The van der Waals surface area contributed by atoms with E-state index in [1.165, 1.54) is 0 Å². The lowest BCUT2D eigenvalue weighted by molar-refractivity contribution is -0.00778. The summed E-state index contributed by atoms with van der Waals surface area (Å²) in [6, 6.07) is 5.41. The van der Waals surface area contributed by atoms with Crippen molar-refractivity contribution in [2.45, 2.75) is 77.5 Å². The van der Waals surface area contributed by atoms with Crippen LogP contribution in [0.2, 0.25) is 0 Å². The second-order valence-electron chi connectivity index (χ2n) is 10.5. The monoisotopic (exact) mass is 456 g/mol. The zero-order valence-corrected chi connectivity index (χ0v) is 20.4. The highest BCUT2D eigenvalue weighted by atomic mass is 19.1. The van der Waals surface area contributed by atoms with Gasteiger partial charge in [-0.05, 0) is 73.6 Å². The van der Waals surface area contributed by atoms with Crippen molar-refractivity contribution in [1.82, 2.24) is 19.4 Å². The fourth-order valence-corrected chi connectivity index (χ4v) is 4.93. The molecule has 9 heteroatoms. The Hall–Kier alpha value is -2.94. The lowest BCUT2D eigenvalue weighted by Gasteiger charge is -2.53. The van der Waals surface area contributed by atoms with Gasteiger partial charge in [-0.25, -0.2) is 14.2 Å². The van der Waals surface area contributed by atoms with Gasteiger partial charge >= 0.3 is 5.76 Å². The van der Waals surface area contributed by atoms with Gasteiger partial charge in [-0.3, -0.25) is 9.47 Å². The van der Waals surface area contributed by atoms with E-state index in [2.05, 4.69) is 60.2 Å². The van der Waals surface area contributed by atoms with Crippen LogP contribution in [0.3, 0.4) is 0 Å². The van der Waals surface area contributed by atoms with Crippen LogP contribution < -0.4 is 16.4 Å². The average Bonchev–Trinajstić information content (AvgIpc) is 3.03. The third-order valence-corrected chi connectivity index (χ3v) is 6.78. The Bertz CT molecular complexity index is 1210. The summed E-state index contributed by atoms with van der Waals surface area (Å²) < 4.78 is 21.6. The molecule has 1 aromatic carbocycles. The van der Waals surface area contributed by atoms with Crippen molar-refractivity contribution < 1.29 is 8.81 Å². The van der Waals surface area contributed by atoms with Crippen LogP contribution in [0.4, 0.5) is 21.8 Å². The van der Waals surface area contributed by atoms with Crippen molar-refractivity contribution in [3.63, 3.8) is 0 Å². The van der Waals surface area contributed by atoms with E-state index < -0.39 is 11.6 Å². The van der Waals surface area contributed by atoms with E-state index in [0.29, 0.717) is 11.3 Å². The number of aromatic nitrogens is 3. The number of fused-ring (bicyclic) bond motifs is 1. The third-order valence-electron chi connectivity index (χ3n) is 6.78. The molecule has 0 bridgehead atoms. The summed E-state index contributed by atoms with van der Waals surface area (Å²) in [5.74, 6) is -0.459. The van der Waals surface area contributed by atoms with Crippen molar-refractivity contribution >= 4 is 28.6 Å². The smallest absolute Gasteiger partial charge is 0.408 e. The van der Waals surface area contributed by atoms with Gasteiger partial charge in [-0.15, -0.1) is 0 Å². The summed E-state index contributed by atoms with van der Waals surface area (Å²) in [6.07, 6.45) is 2.89. The Balaban J connectivity index is 1.56. The minimum absolute atomic E-state index is 0.0128. The normalized spacial score (nSPS) is 18.7. The van der Waals surface area contributed by atoms with Crippen molar-refractivity contribution in [3.8, 4) is 0 Å². The molecule has 8 nitrogen and oxygen atoms in total. The summed E-state index contributed by atoms with van der Waals surface area (Å²) in [4.78, 5) is 23.0. The fourth-order valence-electron chi connectivity index (χ4n) is 4.93. The summed E-state index contributed by atoms with van der Waals surface area (Å²) in [5.41, 5.74) is 1.77. The standard InChI is InChI=1S/C24H33FN6O2/c1-14(2)31-18-9-8-15(10-19(18)33-22(31)32)28-21-26-13-17(25)20(29-21)27-16-11-23(3,4)30(7)24(5,6)12-16/h8-10,13-14,16H,11-12H2,1-7H3,(H2,26,27,28,29). The van der Waals surface area contributed by atoms with Gasteiger partial charge in [0.1, 0.15) is 0 Å². The number of nitrogens with zero attached hydrogens (tertiary/aromatic N) is 4. The molecule has 0 saturated carbocycles. The molecule has 1 aliphatic rings. The predicted octanol–water partition coefficient (Wildman–Crippen LogP) is 4.91. The van der Waals surface area contributed by atoms with Crippen molar-refractivity contribution in [2.24, 2.45) is 0 Å². The Labute approximate surface area is 193 Å². The van der Waals surface area contributed by atoms with Gasteiger partial charge in [0.15, 0.2) is 17.2 Å². The number of hydrogen-bond donors (Lipinski definition) is 2. The highest BCUT2D eigenvalue weighted by Gasteiger charge is 2.43. The number of oxazole rings is 1. The topological polar surface area (TPSA) is 88.2 Å². The Morgan fingerprint density at radius 2 is 1.85 bits per heavy atom. The molecule has 0 amide bonds. The van der Waals surface area contributed by atoms with Gasteiger partial charge in [-0.2, -0.15) is 4.98 Å². The van der Waals surface area contributed by atoms with Crippen molar-refractivity contribution in [3.05, 3.63) is 40.8 Å². The third kappa shape index (κ3) is 4.46.